The van der Waals surface area contributed by atoms with Crippen LogP contribution in [0.3, 0.4) is 0 Å². The Labute approximate surface area is 193 Å². The number of hydrogen-bond acceptors (Lipinski definition) is 4. The molecule has 0 saturated heterocycles. The van der Waals surface area contributed by atoms with Gasteiger partial charge >= 0.3 is 6.03 Å². The summed E-state index contributed by atoms with van der Waals surface area (Å²) >= 11 is 5.83. The molecule has 170 valence electrons. The van der Waals surface area contributed by atoms with Gasteiger partial charge in [0.05, 0.1) is 11.4 Å². The zero-order valence-electron chi connectivity index (χ0n) is 17.6. The highest BCUT2D eigenvalue weighted by Gasteiger charge is 2.39. The van der Waals surface area contributed by atoms with Crippen molar-refractivity contribution in [2.45, 2.75) is 18.9 Å². The second-order valence-corrected chi connectivity index (χ2v) is 7.93. The smallest absolute Gasteiger partial charge is 0.318 e. The standard InChI is InChI=1S/C23H21ClFN5O3/c1-23(11-12-26,29-22(33)27-16-7-5-15(24)6-8-16)21(32)28-19-10-9-17(14-18(19)25)30-13-3-2-4-20(30)31/h2-10,12-14,26H,11H2,1H3,(H,28,32)(H2,27,29,33)/p+1. The van der Waals surface area contributed by atoms with Crippen LogP contribution in [-0.2, 0) is 4.79 Å². The molecular formula is C23H22ClFN5O3+. The molecule has 3 aromatic rings. The molecule has 3 rings (SSSR count). The van der Waals surface area contributed by atoms with E-state index < -0.39 is 23.3 Å². The predicted octanol–water partition coefficient (Wildman–Crippen LogP) is 3.16. The van der Waals surface area contributed by atoms with Crippen LogP contribution < -0.4 is 21.5 Å². The Hall–Kier alpha value is -3.82. The minimum Gasteiger partial charge on any atom is -0.318 e. The molecule has 0 saturated carbocycles. The average Bonchev–Trinajstić information content (AvgIpc) is 2.77. The second kappa shape index (κ2) is 10.2. The van der Waals surface area contributed by atoms with E-state index in [1.807, 2.05) is 0 Å². The lowest BCUT2D eigenvalue weighted by Gasteiger charge is -2.24. The van der Waals surface area contributed by atoms with Gasteiger partial charge in [-0.15, -0.1) is 0 Å². The van der Waals surface area contributed by atoms with Crippen molar-refractivity contribution in [1.29, 1.82) is 5.41 Å². The van der Waals surface area contributed by atoms with E-state index in [0.29, 0.717) is 16.4 Å². The topological polar surface area (TPSA) is 121 Å². The SMILES string of the molecule is CC(CC=N)([NH2+]C(=O)Nc1ccc(Cl)cc1)C(=O)Nc1ccc(-n2ccccc2=O)cc1F. The summed E-state index contributed by atoms with van der Waals surface area (Å²) in [4.78, 5) is 37.4. The Morgan fingerprint density at radius 3 is 2.52 bits per heavy atom. The molecule has 8 nitrogen and oxygen atoms in total. The molecule has 0 aliphatic rings. The third-order valence-corrected chi connectivity index (χ3v) is 5.16. The minimum atomic E-state index is -1.42. The van der Waals surface area contributed by atoms with Gasteiger partial charge < -0.3 is 10.7 Å². The van der Waals surface area contributed by atoms with Crippen LogP contribution in [0.2, 0.25) is 5.02 Å². The number of carbonyl (C=O) groups is 2. The zero-order chi connectivity index (χ0) is 24.0. The monoisotopic (exact) mass is 470 g/mol. The second-order valence-electron chi connectivity index (χ2n) is 7.49. The number of benzene rings is 2. The molecule has 1 aromatic heterocycles. The number of primary amides is 1. The number of carbonyl (C=O) groups excluding carboxylic acids is 2. The molecule has 1 unspecified atom stereocenters. The third-order valence-electron chi connectivity index (χ3n) is 4.91. The van der Waals surface area contributed by atoms with Crippen molar-refractivity contribution in [1.82, 2.24) is 4.57 Å². The van der Waals surface area contributed by atoms with E-state index in [1.54, 1.807) is 36.4 Å². The molecule has 2 aromatic carbocycles. The number of hydrogen-bond donors (Lipinski definition) is 4. The summed E-state index contributed by atoms with van der Waals surface area (Å²) in [5.74, 6) is -1.42. The van der Waals surface area contributed by atoms with Crippen molar-refractivity contribution in [3.63, 3.8) is 0 Å². The molecule has 5 N–H and O–H groups in total. The number of anilines is 2. The van der Waals surface area contributed by atoms with Crippen LogP contribution in [0.4, 0.5) is 20.6 Å². The van der Waals surface area contributed by atoms with Gasteiger partial charge in [0.2, 0.25) is 0 Å². The van der Waals surface area contributed by atoms with Crippen molar-refractivity contribution in [3.8, 4) is 5.69 Å². The minimum absolute atomic E-state index is 0.0774. The fourth-order valence-electron chi connectivity index (χ4n) is 3.09. The van der Waals surface area contributed by atoms with Crippen LogP contribution in [0.15, 0.2) is 71.7 Å². The van der Waals surface area contributed by atoms with E-state index in [9.17, 15) is 18.8 Å². The van der Waals surface area contributed by atoms with Crippen LogP contribution in [0.5, 0.6) is 0 Å². The van der Waals surface area contributed by atoms with Crippen molar-refractivity contribution in [2.24, 2.45) is 0 Å². The Morgan fingerprint density at radius 1 is 1.15 bits per heavy atom. The van der Waals surface area contributed by atoms with E-state index in [1.165, 1.54) is 35.9 Å². The lowest BCUT2D eigenvalue weighted by Crippen LogP contribution is -3.02. The van der Waals surface area contributed by atoms with E-state index in [0.717, 1.165) is 17.6 Å². The number of urea groups is 1. The first-order chi connectivity index (χ1) is 15.7. The Balaban J connectivity index is 1.75. The third kappa shape index (κ3) is 5.91. The lowest BCUT2D eigenvalue weighted by molar-refractivity contribution is -0.613. The van der Waals surface area contributed by atoms with E-state index in [-0.39, 0.29) is 17.7 Å². The van der Waals surface area contributed by atoms with Crippen LogP contribution in [0.1, 0.15) is 13.3 Å². The van der Waals surface area contributed by atoms with Gasteiger partial charge in [-0.1, -0.05) is 17.7 Å². The lowest BCUT2D eigenvalue weighted by atomic mass is 9.97. The highest BCUT2D eigenvalue weighted by Crippen LogP contribution is 2.19. The molecule has 10 heteroatoms. The number of aromatic nitrogens is 1. The molecule has 0 aliphatic heterocycles. The molecule has 33 heavy (non-hydrogen) atoms. The number of nitrogens with zero attached hydrogens (tertiary/aromatic N) is 1. The molecule has 1 atom stereocenters. The summed E-state index contributed by atoms with van der Waals surface area (Å²) in [6.07, 6.45) is 2.43. The largest absolute Gasteiger partial charge is 0.418 e. The summed E-state index contributed by atoms with van der Waals surface area (Å²) in [6, 6.07) is 14.4. The predicted molar refractivity (Wildman–Crippen MR) is 125 cm³/mol. The number of halogens is 2. The van der Waals surface area contributed by atoms with Crippen molar-refractivity contribution >= 4 is 41.1 Å². The summed E-state index contributed by atoms with van der Waals surface area (Å²) in [6.45, 7) is 1.48. The quantitative estimate of drug-likeness (QED) is 0.397. The highest BCUT2D eigenvalue weighted by molar-refractivity contribution is 6.30. The normalized spacial score (nSPS) is 12.5. The van der Waals surface area contributed by atoms with Crippen LogP contribution in [0.25, 0.3) is 5.69 Å². The molecule has 3 amide bonds. The Bertz CT molecular complexity index is 1250. The van der Waals surface area contributed by atoms with Crippen molar-refractivity contribution < 1.29 is 19.3 Å². The molecule has 0 fully saturated rings. The number of quaternary nitrogens is 1. The summed E-state index contributed by atoms with van der Waals surface area (Å²) in [5.41, 5.74) is -1.08. The number of rotatable bonds is 7. The van der Waals surface area contributed by atoms with E-state index >= 15 is 0 Å². The first kappa shape index (κ1) is 23.8. The number of nitrogens with one attached hydrogen (secondary N) is 3. The number of amides is 3. The number of nitrogens with two attached hydrogens (primary N) is 1. The molecule has 1 heterocycles. The molecule has 0 aliphatic carbocycles. The summed E-state index contributed by atoms with van der Waals surface area (Å²) < 4.78 is 16.0. The van der Waals surface area contributed by atoms with Crippen LogP contribution in [-0.4, -0.2) is 28.3 Å². The molecule has 0 spiro atoms. The van der Waals surface area contributed by atoms with Gasteiger partial charge in [-0.3, -0.25) is 19.5 Å². The fraction of sp³-hybridized carbons (Fsp3) is 0.130. The highest BCUT2D eigenvalue weighted by atomic mass is 35.5. The van der Waals surface area contributed by atoms with Gasteiger partial charge in [0, 0.05) is 48.6 Å². The summed E-state index contributed by atoms with van der Waals surface area (Å²) in [5, 5.41) is 14.2. The van der Waals surface area contributed by atoms with Gasteiger partial charge in [0.25, 0.3) is 11.5 Å². The van der Waals surface area contributed by atoms with Crippen molar-refractivity contribution in [3.05, 3.63) is 88.1 Å². The van der Waals surface area contributed by atoms with E-state index in [2.05, 4.69) is 10.6 Å². The first-order valence-electron chi connectivity index (χ1n) is 9.92. The molecule has 0 radical (unpaired) electrons. The zero-order valence-corrected chi connectivity index (χ0v) is 18.4. The number of pyridine rings is 1. The van der Waals surface area contributed by atoms with E-state index in [4.69, 9.17) is 17.0 Å². The van der Waals surface area contributed by atoms with Gasteiger partial charge in [-0.25, -0.2) is 14.5 Å². The fourth-order valence-corrected chi connectivity index (χ4v) is 3.22. The van der Waals surface area contributed by atoms with Gasteiger partial charge in [0.15, 0.2) is 5.54 Å². The Kier molecular flexibility index (Phi) is 7.37. The molecule has 0 bridgehead atoms. The van der Waals surface area contributed by atoms with Gasteiger partial charge in [-0.05, 0) is 42.5 Å². The van der Waals surface area contributed by atoms with Gasteiger partial charge in [-0.2, -0.15) is 0 Å². The Morgan fingerprint density at radius 2 is 1.88 bits per heavy atom. The maximum absolute atomic E-state index is 14.7. The molecular weight excluding hydrogens is 449 g/mol. The maximum atomic E-state index is 14.7. The van der Waals surface area contributed by atoms with Crippen molar-refractivity contribution in [2.75, 3.05) is 10.6 Å². The van der Waals surface area contributed by atoms with Crippen LogP contribution >= 0.6 is 11.6 Å². The van der Waals surface area contributed by atoms with Gasteiger partial charge in [0.1, 0.15) is 5.82 Å². The van der Waals surface area contributed by atoms with Crippen LogP contribution in [0, 0.1) is 11.2 Å². The maximum Gasteiger partial charge on any atom is 0.418 e. The summed E-state index contributed by atoms with van der Waals surface area (Å²) in [7, 11) is 0. The average molecular weight is 471 g/mol. The first-order valence-corrected chi connectivity index (χ1v) is 10.3.